The van der Waals surface area contributed by atoms with E-state index in [0.29, 0.717) is 11.6 Å². The molecule has 0 amide bonds. The van der Waals surface area contributed by atoms with Crippen molar-refractivity contribution in [2.45, 2.75) is 13.1 Å². The zero-order chi connectivity index (χ0) is 17.9. The fourth-order valence-electron chi connectivity index (χ4n) is 3.01. The Kier molecular flexibility index (Phi) is 4.54. The molecule has 0 spiro atoms. The van der Waals surface area contributed by atoms with Crippen LogP contribution in [0.5, 0.6) is 0 Å². The van der Waals surface area contributed by atoms with Crippen molar-refractivity contribution >= 4 is 28.3 Å². The molecule has 4 aromatic rings. The molecule has 6 heteroatoms. The standard InChI is InChI=1S/C20H18ClN5/c1-25(20-18-8-7-17(21)9-19(18)22-14-23-20)11-16-10-24-26(13-16)12-15-5-3-2-4-6-15/h2-10,13-14H,11-12H2,1H3. The summed E-state index contributed by atoms with van der Waals surface area (Å²) in [5.41, 5.74) is 3.20. The van der Waals surface area contributed by atoms with Crippen LogP contribution in [-0.2, 0) is 13.1 Å². The monoisotopic (exact) mass is 363 g/mol. The zero-order valence-corrected chi connectivity index (χ0v) is 15.1. The van der Waals surface area contributed by atoms with Gasteiger partial charge < -0.3 is 4.90 Å². The van der Waals surface area contributed by atoms with Gasteiger partial charge in [-0.3, -0.25) is 4.68 Å². The van der Waals surface area contributed by atoms with Gasteiger partial charge in [0.1, 0.15) is 12.1 Å². The van der Waals surface area contributed by atoms with E-state index < -0.39 is 0 Å². The number of benzene rings is 2. The van der Waals surface area contributed by atoms with Gasteiger partial charge in [0.2, 0.25) is 0 Å². The van der Waals surface area contributed by atoms with Crippen molar-refractivity contribution in [2.24, 2.45) is 0 Å². The van der Waals surface area contributed by atoms with Gasteiger partial charge in [-0.05, 0) is 23.8 Å². The molecule has 0 radical (unpaired) electrons. The number of hydrogen-bond donors (Lipinski definition) is 0. The molecule has 0 saturated carbocycles. The first kappa shape index (κ1) is 16.5. The van der Waals surface area contributed by atoms with Gasteiger partial charge in [0.05, 0.1) is 18.3 Å². The maximum Gasteiger partial charge on any atom is 0.139 e. The average Bonchev–Trinajstić information content (AvgIpc) is 3.08. The zero-order valence-electron chi connectivity index (χ0n) is 14.4. The Bertz CT molecular complexity index is 1030. The number of nitrogens with zero attached hydrogens (tertiary/aromatic N) is 5. The molecule has 0 aliphatic heterocycles. The molecule has 0 fully saturated rings. The molecule has 26 heavy (non-hydrogen) atoms. The summed E-state index contributed by atoms with van der Waals surface area (Å²) in [5.74, 6) is 0.877. The molecule has 0 bridgehead atoms. The molecule has 5 nitrogen and oxygen atoms in total. The second kappa shape index (κ2) is 7.14. The van der Waals surface area contributed by atoms with Crippen molar-refractivity contribution in [3.63, 3.8) is 0 Å². The largest absolute Gasteiger partial charge is 0.355 e. The molecule has 0 aliphatic rings. The van der Waals surface area contributed by atoms with Crippen LogP contribution >= 0.6 is 11.6 Å². The van der Waals surface area contributed by atoms with Crippen LogP contribution < -0.4 is 4.90 Å². The van der Waals surface area contributed by atoms with Crippen LogP contribution in [0.4, 0.5) is 5.82 Å². The second-order valence-electron chi connectivity index (χ2n) is 6.25. The van der Waals surface area contributed by atoms with E-state index in [-0.39, 0.29) is 0 Å². The van der Waals surface area contributed by atoms with Crippen LogP contribution in [0.3, 0.4) is 0 Å². The normalized spacial score (nSPS) is 11.0. The van der Waals surface area contributed by atoms with E-state index in [2.05, 4.69) is 38.3 Å². The van der Waals surface area contributed by atoms with Gasteiger partial charge in [-0.1, -0.05) is 41.9 Å². The number of hydrogen-bond acceptors (Lipinski definition) is 4. The third kappa shape index (κ3) is 3.53. The molecule has 2 aromatic heterocycles. The predicted octanol–water partition coefficient (Wildman–Crippen LogP) is 4.16. The summed E-state index contributed by atoms with van der Waals surface area (Å²) >= 11 is 6.06. The lowest BCUT2D eigenvalue weighted by molar-refractivity contribution is 0.686. The summed E-state index contributed by atoms with van der Waals surface area (Å²) in [6.07, 6.45) is 5.55. The lowest BCUT2D eigenvalue weighted by Crippen LogP contribution is -2.18. The Balaban J connectivity index is 1.53. The van der Waals surface area contributed by atoms with E-state index in [1.807, 2.05) is 54.3 Å². The summed E-state index contributed by atoms with van der Waals surface area (Å²) in [7, 11) is 2.02. The van der Waals surface area contributed by atoms with Crippen LogP contribution in [0.25, 0.3) is 10.9 Å². The van der Waals surface area contributed by atoms with Crippen LogP contribution in [0.2, 0.25) is 5.02 Å². The summed E-state index contributed by atoms with van der Waals surface area (Å²) in [6, 6.07) is 16.0. The van der Waals surface area contributed by atoms with Gasteiger partial charge in [-0.2, -0.15) is 5.10 Å². The quantitative estimate of drug-likeness (QED) is 0.534. The minimum atomic E-state index is 0.673. The van der Waals surface area contributed by atoms with Crippen LogP contribution in [0.1, 0.15) is 11.1 Å². The highest BCUT2D eigenvalue weighted by atomic mass is 35.5. The highest BCUT2D eigenvalue weighted by Crippen LogP contribution is 2.25. The Morgan fingerprint density at radius 1 is 1.04 bits per heavy atom. The molecule has 4 rings (SSSR count). The van der Waals surface area contributed by atoms with E-state index in [1.54, 1.807) is 6.33 Å². The van der Waals surface area contributed by atoms with Crippen molar-refractivity contribution in [1.29, 1.82) is 0 Å². The van der Waals surface area contributed by atoms with Gasteiger partial charge in [0.25, 0.3) is 0 Å². The maximum atomic E-state index is 6.06. The summed E-state index contributed by atoms with van der Waals surface area (Å²) in [4.78, 5) is 10.9. The van der Waals surface area contributed by atoms with Crippen LogP contribution in [0.15, 0.2) is 67.3 Å². The lowest BCUT2D eigenvalue weighted by atomic mass is 10.2. The Morgan fingerprint density at radius 2 is 1.88 bits per heavy atom. The number of aromatic nitrogens is 4. The molecule has 0 N–H and O–H groups in total. The van der Waals surface area contributed by atoms with E-state index in [0.717, 1.165) is 28.8 Å². The van der Waals surface area contributed by atoms with Crippen LogP contribution in [0, 0.1) is 0 Å². The molecule has 2 heterocycles. The molecule has 0 saturated heterocycles. The first-order chi connectivity index (χ1) is 12.7. The van der Waals surface area contributed by atoms with Gasteiger partial charge >= 0.3 is 0 Å². The first-order valence-electron chi connectivity index (χ1n) is 8.36. The van der Waals surface area contributed by atoms with Crippen molar-refractivity contribution in [3.05, 3.63) is 83.4 Å². The molecule has 2 aromatic carbocycles. The van der Waals surface area contributed by atoms with Crippen molar-refractivity contribution in [1.82, 2.24) is 19.7 Å². The van der Waals surface area contributed by atoms with Crippen molar-refractivity contribution in [2.75, 3.05) is 11.9 Å². The van der Waals surface area contributed by atoms with Gasteiger partial charge in [-0.15, -0.1) is 0 Å². The highest BCUT2D eigenvalue weighted by Gasteiger charge is 2.11. The molecule has 130 valence electrons. The van der Waals surface area contributed by atoms with E-state index >= 15 is 0 Å². The third-order valence-corrected chi connectivity index (χ3v) is 4.47. The van der Waals surface area contributed by atoms with Gasteiger partial charge in [0.15, 0.2) is 0 Å². The van der Waals surface area contributed by atoms with Gasteiger partial charge in [0, 0.05) is 35.8 Å². The fourth-order valence-corrected chi connectivity index (χ4v) is 3.18. The molecule has 0 unspecified atom stereocenters. The smallest absolute Gasteiger partial charge is 0.139 e. The third-order valence-electron chi connectivity index (χ3n) is 4.23. The second-order valence-corrected chi connectivity index (χ2v) is 6.68. The topological polar surface area (TPSA) is 46.8 Å². The molecule has 0 atom stereocenters. The number of fused-ring (bicyclic) bond motifs is 1. The Labute approximate surface area is 156 Å². The SMILES string of the molecule is CN(Cc1cnn(Cc2ccccc2)c1)c1ncnc2cc(Cl)ccc12. The maximum absolute atomic E-state index is 6.06. The Morgan fingerprint density at radius 3 is 2.73 bits per heavy atom. The lowest BCUT2D eigenvalue weighted by Gasteiger charge is -2.18. The fraction of sp³-hybridized carbons (Fsp3) is 0.150. The van der Waals surface area contributed by atoms with E-state index in [9.17, 15) is 0 Å². The van der Waals surface area contributed by atoms with Gasteiger partial charge in [-0.25, -0.2) is 9.97 Å². The van der Waals surface area contributed by atoms with Crippen molar-refractivity contribution in [3.8, 4) is 0 Å². The first-order valence-corrected chi connectivity index (χ1v) is 8.73. The van der Waals surface area contributed by atoms with Crippen LogP contribution in [-0.4, -0.2) is 26.8 Å². The number of halogens is 1. The number of anilines is 1. The van der Waals surface area contributed by atoms with E-state index in [1.165, 1.54) is 5.56 Å². The number of rotatable bonds is 5. The minimum absolute atomic E-state index is 0.673. The van der Waals surface area contributed by atoms with Crippen molar-refractivity contribution < 1.29 is 0 Å². The average molecular weight is 364 g/mol. The predicted molar refractivity (Wildman–Crippen MR) is 104 cm³/mol. The highest BCUT2D eigenvalue weighted by molar-refractivity contribution is 6.31. The summed E-state index contributed by atoms with van der Waals surface area (Å²) < 4.78 is 1.95. The van der Waals surface area contributed by atoms with E-state index in [4.69, 9.17) is 11.6 Å². The molecular formula is C20H18ClN5. The summed E-state index contributed by atoms with van der Waals surface area (Å²) in [6.45, 7) is 1.48. The molecular weight excluding hydrogens is 346 g/mol. The molecule has 0 aliphatic carbocycles. The minimum Gasteiger partial charge on any atom is -0.355 e. The Hall–Kier alpha value is -2.92. The summed E-state index contributed by atoms with van der Waals surface area (Å²) in [5, 5.41) is 6.13.